The Balaban J connectivity index is 1.65. The van der Waals surface area contributed by atoms with Gasteiger partial charge in [0, 0.05) is 9.79 Å². The minimum Gasteiger partial charge on any atom is -0.457 e. The summed E-state index contributed by atoms with van der Waals surface area (Å²) >= 11 is 2.74. The molecule has 0 aromatic heterocycles. The van der Waals surface area contributed by atoms with Crippen molar-refractivity contribution in [2.45, 2.75) is 37.5 Å². The number of hydrogen-bond acceptors (Lipinski definition) is 7. The Kier molecular flexibility index (Phi) is 9.46. The van der Waals surface area contributed by atoms with Crippen LogP contribution in [0.1, 0.15) is 22.3 Å². The predicted octanol–water partition coefficient (Wildman–Crippen LogP) is 4.46. The number of carbonyl (C=O) groups excluding carboxylic acids is 3. The molecule has 0 aliphatic heterocycles. The van der Waals surface area contributed by atoms with Gasteiger partial charge in [-0.1, -0.05) is 35.4 Å². The van der Waals surface area contributed by atoms with Crippen LogP contribution in [0.4, 0.5) is 0 Å². The lowest BCUT2D eigenvalue weighted by atomic mass is 10.2. The number of rotatable bonds is 10. The first kappa shape index (κ1) is 24.0. The molecule has 7 heteroatoms. The van der Waals surface area contributed by atoms with E-state index >= 15 is 0 Å². The van der Waals surface area contributed by atoms with Gasteiger partial charge < -0.3 is 9.47 Å². The molecule has 0 aliphatic carbocycles. The van der Waals surface area contributed by atoms with E-state index in [9.17, 15) is 14.4 Å². The van der Waals surface area contributed by atoms with Crippen LogP contribution in [0.25, 0.3) is 0 Å². The van der Waals surface area contributed by atoms with Gasteiger partial charge in [-0.2, -0.15) is 0 Å². The minimum absolute atomic E-state index is 0.115. The predicted molar refractivity (Wildman–Crippen MR) is 120 cm³/mol. The van der Waals surface area contributed by atoms with Crippen LogP contribution >= 0.6 is 23.5 Å². The Labute approximate surface area is 185 Å². The molecule has 0 fully saturated rings. The zero-order valence-corrected chi connectivity index (χ0v) is 19.3. The smallest absolute Gasteiger partial charge is 0.316 e. The lowest BCUT2D eigenvalue weighted by molar-refractivity contribution is -0.150. The minimum atomic E-state index is -0.480. The highest BCUT2D eigenvalue weighted by atomic mass is 32.2. The van der Waals surface area contributed by atoms with E-state index in [0.717, 1.165) is 32.0 Å². The topological polar surface area (TPSA) is 69.7 Å². The lowest BCUT2D eigenvalue weighted by Gasteiger charge is -2.08. The standard InChI is InChI=1S/C23H26O5S2/c1-15-5-7-17(3)20(9-15)29-13-22(25)27-11-19(24)12-28-23(26)14-30-21-10-16(2)6-8-18(21)4/h5-10H,11-14H2,1-4H3. The second-order valence-corrected chi connectivity index (χ2v) is 9.01. The molecule has 2 rings (SSSR count). The van der Waals surface area contributed by atoms with Gasteiger partial charge in [-0.05, 0) is 51.0 Å². The van der Waals surface area contributed by atoms with Crippen LogP contribution in [0.2, 0.25) is 0 Å². The average Bonchev–Trinajstić information content (AvgIpc) is 2.71. The zero-order valence-electron chi connectivity index (χ0n) is 17.7. The van der Waals surface area contributed by atoms with Gasteiger partial charge in [0.25, 0.3) is 0 Å². The fraction of sp³-hybridized carbons (Fsp3) is 0.348. The Bertz CT molecular complexity index is 850. The van der Waals surface area contributed by atoms with E-state index in [1.165, 1.54) is 23.5 Å². The summed E-state index contributed by atoms with van der Waals surface area (Å²) in [5.41, 5.74) is 4.40. The van der Waals surface area contributed by atoms with Gasteiger partial charge >= 0.3 is 11.9 Å². The molecule has 2 aromatic carbocycles. The number of thioether (sulfide) groups is 2. The van der Waals surface area contributed by atoms with Crippen LogP contribution in [0.3, 0.4) is 0 Å². The third-order valence-electron chi connectivity index (χ3n) is 4.17. The summed E-state index contributed by atoms with van der Waals surface area (Å²) < 4.78 is 9.96. The van der Waals surface area contributed by atoms with E-state index in [2.05, 4.69) is 0 Å². The number of ether oxygens (including phenoxy) is 2. The quantitative estimate of drug-likeness (QED) is 0.394. The summed E-state index contributed by atoms with van der Waals surface area (Å²) in [6.07, 6.45) is 0. The molecule has 160 valence electrons. The average molecular weight is 447 g/mol. The maximum Gasteiger partial charge on any atom is 0.316 e. The monoisotopic (exact) mass is 446 g/mol. The molecule has 5 nitrogen and oxygen atoms in total. The highest BCUT2D eigenvalue weighted by molar-refractivity contribution is 8.00. The molecule has 0 spiro atoms. The third-order valence-corrected chi connectivity index (χ3v) is 6.43. The molecular formula is C23H26O5S2. The van der Waals surface area contributed by atoms with E-state index in [1.807, 2.05) is 64.1 Å². The van der Waals surface area contributed by atoms with E-state index in [-0.39, 0.29) is 11.5 Å². The molecule has 2 aromatic rings. The second-order valence-electron chi connectivity index (χ2n) is 6.98. The number of hydrogen-bond donors (Lipinski definition) is 0. The molecule has 0 unspecified atom stereocenters. The van der Waals surface area contributed by atoms with Gasteiger partial charge in [-0.3, -0.25) is 14.4 Å². The number of ketones is 1. The summed E-state index contributed by atoms with van der Waals surface area (Å²) in [5, 5.41) is 0. The molecule has 0 amide bonds. The molecule has 0 saturated heterocycles. The van der Waals surface area contributed by atoms with Crippen molar-refractivity contribution in [1.82, 2.24) is 0 Å². The van der Waals surface area contributed by atoms with Crippen LogP contribution in [0.15, 0.2) is 46.2 Å². The number of carbonyl (C=O) groups is 3. The second kappa shape index (κ2) is 11.8. The van der Waals surface area contributed by atoms with Crippen LogP contribution in [-0.4, -0.2) is 42.4 Å². The molecule has 0 atom stereocenters. The molecule has 0 N–H and O–H groups in total. The highest BCUT2D eigenvalue weighted by Gasteiger charge is 2.13. The first-order valence-corrected chi connectivity index (χ1v) is 11.4. The number of esters is 2. The molecule has 0 bridgehead atoms. The zero-order chi connectivity index (χ0) is 22.1. The molecule has 0 saturated carbocycles. The Morgan fingerprint density at radius 1 is 0.700 bits per heavy atom. The fourth-order valence-electron chi connectivity index (χ4n) is 2.45. The number of Topliss-reactive ketones (excluding diaryl/α,β-unsaturated/α-hetero) is 1. The van der Waals surface area contributed by atoms with Crippen LogP contribution in [0, 0.1) is 27.7 Å². The van der Waals surface area contributed by atoms with Crippen molar-refractivity contribution < 1.29 is 23.9 Å². The highest BCUT2D eigenvalue weighted by Crippen LogP contribution is 2.24. The number of benzene rings is 2. The summed E-state index contributed by atoms with van der Waals surface area (Å²) in [6, 6.07) is 12.0. The van der Waals surface area contributed by atoms with E-state index < -0.39 is 30.9 Å². The Morgan fingerprint density at radius 3 is 1.50 bits per heavy atom. The van der Waals surface area contributed by atoms with Gasteiger partial charge in [-0.15, -0.1) is 23.5 Å². The van der Waals surface area contributed by atoms with Gasteiger partial charge in [0.1, 0.15) is 0 Å². The molecular weight excluding hydrogens is 420 g/mol. The van der Waals surface area contributed by atoms with Crippen molar-refractivity contribution in [2.24, 2.45) is 0 Å². The first-order chi connectivity index (χ1) is 14.2. The van der Waals surface area contributed by atoms with Crippen LogP contribution < -0.4 is 0 Å². The summed E-state index contributed by atoms with van der Waals surface area (Å²) in [6.45, 7) is 7.13. The van der Waals surface area contributed by atoms with Gasteiger partial charge in [-0.25, -0.2) is 0 Å². The van der Waals surface area contributed by atoms with Crippen LogP contribution in [-0.2, 0) is 23.9 Å². The van der Waals surface area contributed by atoms with Crippen molar-refractivity contribution >= 4 is 41.2 Å². The van der Waals surface area contributed by atoms with E-state index in [1.54, 1.807) is 0 Å². The van der Waals surface area contributed by atoms with Crippen molar-refractivity contribution in [3.8, 4) is 0 Å². The Hall–Kier alpha value is -2.25. The molecule has 30 heavy (non-hydrogen) atoms. The van der Waals surface area contributed by atoms with Gasteiger partial charge in [0.05, 0.1) is 11.5 Å². The number of aryl methyl sites for hydroxylation is 4. The lowest BCUT2D eigenvalue weighted by Crippen LogP contribution is -2.21. The third kappa shape index (κ3) is 8.24. The summed E-state index contributed by atoms with van der Waals surface area (Å²) in [5.74, 6) is -1.18. The van der Waals surface area contributed by atoms with Crippen LogP contribution in [0.5, 0.6) is 0 Å². The molecule has 0 heterocycles. The van der Waals surface area contributed by atoms with Gasteiger partial charge in [0.2, 0.25) is 5.78 Å². The maximum absolute atomic E-state index is 11.9. The summed E-state index contributed by atoms with van der Waals surface area (Å²) in [4.78, 5) is 37.6. The van der Waals surface area contributed by atoms with Crippen molar-refractivity contribution in [3.05, 3.63) is 58.7 Å². The van der Waals surface area contributed by atoms with Crippen molar-refractivity contribution in [1.29, 1.82) is 0 Å². The largest absolute Gasteiger partial charge is 0.457 e. The van der Waals surface area contributed by atoms with Crippen molar-refractivity contribution in [3.63, 3.8) is 0 Å². The normalized spacial score (nSPS) is 10.5. The van der Waals surface area contributed by atoms with E-state index in [0.29, 0.717) is 0 Å². The Morgan fingerprint density at radius 2 is 1.10 bits per heavy atom. The fourth-order valence-corrected chi connectivity index (χ4v) is 4.29. The summed E-state index contributed by atoms with van der Waals surface area (Å²) in [7, 11) is 0. The first-order valence-electron chi connectivity index (χ1n) is 9.47. The SMILES string of the molecule is Cc1ccc(C)c(SCC(=O)OCC(=O)COC(=O)CSc2cc(C)ccc2C)c1. The van der Waals surface area contributed by atoms with E-state index in [4.69, 9.17) is 9.47 Å². The molecule has 0 radical (unpaired) electrons. The van der Waals surface area contributed by atoms with Crippen molar-refractivity contribution in [2.75, 3.05) is 24.7 Å². The van der Waals surface area contributed by atoms with Gasteiger partial charge in [0.15, 0.2) is 13.2 Å². The maximum atomic E-state index is 11.9. The molecule has 0 aliphatic rings.